The molecule has 1 fully saturated rings. The van der Waals surface area contributed by atoms with Gasteiger partial charge in [0.1, 0.15) is 5.82 Å². The Labute approximate surface area is 187 Å². The van der Waals surface area contributed by atoms with Crippen molar-refractivity contribution in [3.05, 3.63) is 76.7 Å². The molecule has 4 rings (SSSR count). The van der Waals surface area contributed by atoms with E-state index in [1.165, 1.54) is 17.7 Å². The Balaban J connectivity index is 1.62. The van der Waals surface area contributed by atoms with Gasteiger partial charge >= 0.3 is 0 Å². The van der Waals surface area contributed by atoms with Crippen molar-refractivity contribution in [2.24, 2.45) is 0 Å². The second-order valence-electron chi connectivity index (χ2n) is 8.20. The van der Waals surface area contributed by atoms with Crippen LogP contribution < -0.4 is 0 Å². The third kappa shape index (κ3) is 4.75. The van der Waals surface area contributed by atoms with Crippen LogP contribution in [0.3, 0.4) is 0 Å². The SMILES string of the molecule is CCc1ccc(CN(C(=O)c2cc(-c3ccc(C)c(F)c3)on2)[C@@H]2CCS(=O)(=O)C2)cc1. The molecule has 0 spiro atoms. The molecule has 3 aromatic rings. The van der Waals surface area contributed by atoms with Gasteiger partial charge in [-0.2, -0.15) is 0 Å². The van der Waals surface area contributed by atoms with Crippen LogP contribution in [-0.4, -0.2) is 41.9 Å². The van der Waals surface area contributed by atoms with Gasteiger partial charge in [0.25, 0.3) is 5.91 Å². The number of halogens is 1. The molecule has 1 aliphatic heterocycles. The molecule has 6 nitrogen and oxygen atoms in total. The minimum atomic E-state index is -3.19. The summed E-state index contributed by atoms with van der Waals surface area (Å²) in [6, 6.07) is 13.6. The molecule has 0 saturated carbocycles. The molecule has 2 heterocycles. The molecular formula is C24H25FN2O4S. The Bertz CT molecular complexity index is 1240. The molecule has 1 saturated heterocycles. The first-order valence-electron chi connectivity index (χ1n) is 10.6. The summed E-state index contributed by atoms with van der Waals surface area (Å²) in [6.45, 7) is 4.00. The third-order valence-electron chi connectivity index (χ3n) is 5.88. The fourth-order valence-corrected chi connectivity index (χ4v) is 5.60. The fourth-order valence-electron chi connectivity index (χ4n) is 3.87. The normalized spacial score (nSPS) is 17.4. The number of nitrogens with zero attached hydrogens (tertiary/aromatic N) is 2. The smallest absolute Gasteiger partial charge is 0.276 e. The summed E-state index contributed by atoms with van der Waals surface area (Å²) >= 11 is 0. The topological polar surface area (TPSA) is 80.5 Å². The minimum absolute atomic E-state index is 0.0585. The van der Waals surface area contributed by atoms with Gasteiger partial charge in [-0.05, 0) is 42.5 Å². The maximum atomic E-state index is 13.9. The van der Waals surface area contributed by atoms with Crippen molar-refractivity contribution in [2.45, 2.75) is 39.3 Å². The molecule has 0 bridgehead atoms. The van der Waals surface area contributed by atoms with Gasteiger partial charge in [-0.25, -0.2) is 12.8 Å². The van der Waals surface area contributed by atoms with Crippen LogP contribution in [-0.2, 0) is 22.8 Å². The number of carbonyl (C=O) groups excluding carboxylic acids is 1. The summed E-state index contributed by atoms with van der Waals surface area (Å²) in [4.78, 5) is 14.9. The van der Waals surface area contributed by atoms with Crippen molar-refractivity contribution in [1.29, 1.82) is 0 Å². The number of amides is 1. The van der Waals surface area contributed by atoms with Crippen LogP contribution in [0.1, 0.15) is 40.5 Å². The van der Waals surface area contributed by atoms with Crippen LogP contribution in [0.25, 0.3) is 11.3 Å². The molecule has 0 N–H and O–H groups in total. The van der Waals surface area contributed by atoms with E-state index in [0.717, 1.165) is 12.0 Å². The van der Waals surface area contributed by atoms with Crippen molar-refractivity contribution < 1.29 is 22.1 Å². The molecule has 1 aromatic heterocycles. The van der Waals surface area contributed by atoms with Crippen LogP contribution in [0.2, 0.25) is 0 Å². The van der Waals surface area contributed by atoms with Crippen molar-refractivity contribution >= 4 is 15.7 Å². The molecular weight excluding hydrogens is 431 g/mol. The molecule has 1 amide bonds. The van der Waals surface area contributed by atoms with E-state index in [2.05, 4.69) is 12.1 Å². The Morgan fingerprint density at radius 1 is 1.16 bits per heavy atom. The van der Waals surface area contributed by atoms with E-state index in [1.807, 2.05) is 24.3 Å². The van der Waals surface area contributed by atoms with Crippen LogP contribution in [0.15, 0.2) is 53.1 Å². The van der Waals surface area contributed by atoms with Gasteiger partial charge in [-0.1, -0.05) is 48.5 Å². The average molecular weight is 457 g/mol. The lowest BCUT2D eigenvalue weighted by molar-refractivity contribution is 0.0670. The fraction of sp³-hybridized carbons (Fsp3) is 0.333. The zero-order valence-corrected chi connectivity index (χ0v) is 18.9. The lowest BCUT2D eigenvalue weighted by atomic mass is 10.1. The molecule has 0 radical (unpaired) electrons. The lowest BCUT2D eigenvalue weighted by Gasteiger charge is -2.27. The summed E-state index contributed by atoms with van der Waals surface area (Å²) in [6.07, 6.45) is 1.29. The zero-order chi connectivity index (χ0) is 22.9. The summed E-state index contributed by atoms with van der Waals surface area (Å²) in [5.41, 5.74) is 3.14. The second-order valence-corrected chi connectivity index (χ2v) is 10.4. The summed E-state index contributed by atoms with van der Waals surface area (Å²) in [5.74, 6) is -0.518. The number of hydrogen-bond acceptors (Lipinski definition) is 5. The van der Waals surface area contributed by atoms with E-state index in [1.54, 1.807) is 24.0 Å². The van der Waals surface area contributed by atoms with Gasteiger partial charge in [0.2, 0.25) is 0 Å². The second kappa shape index (κ2) is 8.86. The van der Waals surface area contributed by atoms with E-state index < -0.39 is 21.8 Å². The van der Waals surface area contributed by atoms with E-state index in [-0.39, 0.29) is 35.3 Å². The highest BCUT2D eigenvalue weighted by atomic mass is 32.2. The first kappa shape index (κ1) is 22.2. The molecule has 2 aromatic carbocycles. The van der Waals surface area contributed by atoms with Crippen molar-refractivity contribution in [3.8, 4) is 11.3 Å². The van der Waals surface area contributed by atoms with E-state index in [4.69, 9.17) is 4.52 Å². The molecule has 32 heavy (non-hydrogen) atoms. The predicted octanol–water partition coefficient (Wildman–Crippen LogP) is 4.18. The van der Waals surface area contributed by atoms with Crippen molar-refractivity contribution in [1.82, 2.24) is 10.1 Å². The van der Waals surface area contributed by atoms with Crippen LogP contribution in [0.4, 0.5) is 4.39 Å². The lowest BCUT2D eigenvalue weighted by Crippen LogP contribution is -2.40. The van der Waals surface area contributed by atoms with Gasteiger partial charge in [-0.15, -0.1) is 0 Å². The van der Waals surface area contributed by atoms with Crippen molar-refractivity contribution in [2.75, 3.05) is 11.5 Å². The molecule has 1 aliphatic rings. The standard InChI is InChI=1S/C24H25FN2O4S/c1-3-17-5-7-18(8-6-17)14-27(20-10-11-32(29,30)15-20)24(28)22-13-23(31-26-22)19-9-4-16(2)21(25)12-19/h4-9,12-13,20H,3,10-11,14-15H2,1-2H3/t20-/m1/s1. The number of aromatic nitrogens is 1. The summed E-state index contributed by atoms with van der Waals surface area (Å²) in [7, 11) is -3.19. The number of rotatable bonds is 6. The van der Waals surface area contributed by atoms with E-state index in [0.29, 0.717) is 17.5 Å². The third-order valence-corrected chi connectivity index (χ3v) is 7.63. The number of benzene rings is 2. The minimum Gasteiger partial charge on any atom is -0.355 e. The zero-order valence-electron chi connectivity index (χ0n) is 18.0. The van der Waals surface area contributed by atoms with E-state index >= 15 is 0 Å². The van der Waals surface area contributed by atoms with Gasteiger partial charge in [0.05, 0.1) is 11.5 Å². The van der Waals surface area contributed by atoms with Crippen LogP contribution >= 0.6 is 0 Å². The summed E-state index contributed by atoms with van der Waals surface area (Å²) in [5, 5.41) is 3.90. The number of hydrogen-bond donors (Lipinski definition) is 0. The molecule has 1 atom stereocenters. The highest BCUT2D eigenvalue weighted by molar-refractivity contribution is 7.91. The number of sulfone groups is 1. The van der Waals surface area contributed by atoms with E-state index in [9.17, 15) is 17.6 Å². The Morgan fingerprint density at radius 3 is 2.50 bits per heavy atom. The highest BCUT2D eigenvalue weighted by Gasteiger charge is 2.36. The average Bonchev–Trinajstić information content (AvgIpc) is 3.40. The predicted molar refractivity (Wildman–Crippen MR) is 119 cm³/mol. The van der Waals surface area contributed by atoms with Gasteiger partial charge in [0.15, 0.2) is 21.3 Å². The molecule has 8 heteroatoms. The Morgan fingerprint density at radius 2 is 1.88 bits per heavy atom. The first-order chi connectivity index (χ1) is 15.3. The van der Waals surface area contributed by atoms with Gasteiger partial charge < -0.3 is 9.42 Å². The van der Waals surface area contributed by atoms with Crippen LogP contribution in [0.5, 0.6) is 0 Å². The summed E-state index contributed by atoms with van der Waals surface area (Å²) < 4.78 is 43.4. The number of carbonyl (C=O) groups is 1. The van der Waals surface area contributed by atoms with Crippen LogP contribution in [0, 0.1) is 12.7 Å². The molecule has 0 unspecified atom stereocenters. The Kier molecular flexibility index (Phi) is 6.15. The quantitative estimate of drug-likeness (QED) is 0.556. The maximum absolute atomic E-state index is 13.9. The Hall–Kier alpha value is -3.00. The van der Waals surface area contributed by atoms with Crippen molar-refractivity contribution in [3.63, 3.8) is 0 Å². The van der Waals surface area contributed by atoms with Gasteiger partial charge in [0, 0.05) is 24.2 Å². The molecule has 0 aliphatic carbocycles. The monoisotopic (exact) mass is 456 g/mol. The maximum Gasteiger partial charge on any atom is 0.276 e. The van der Waals surface area contributed by atoms with Gasteiger partial charge in [-0.3, -0.25) is 4.79 Å². The molecule has 168 valence electrons. The highest BCUT2D eigenvalue weighted by Crippen LogP contribution is 2.26. The number of aryl methyl sites for hydroxylation is 2. The first-order valence-corrected chi connectivity index (χ1v) is 12.4. The largest absolute Gasteiger partial charge is 0.355 e.